The highest BCUT2D eigenvalue weighted by molar-refractivity contribution is 5.69. The minimum atomic E-state index is -0.529. The van der Waals surface area contributed by atoms with Crippen LogP contribution in [0.4, 0.5) is 0 Å². The monoisotopic (exact) mass is 631 g/mol. The van der Waals surface area contributed by atoms with Crippen molar-refractivity contribution in [2.45, 2.75) is 187 Å². The Morgan fingerprint density at radius 2 is 1.00 bits per heavy atom. The van der Waals surface area contributed by atoms with Crippen LogP contribution in [0.15, 0.2) is 48.6 Å². The van der Waals surface area contributed by atoms with Crippen LogP contribution < -0.4 is 0 Å². The summed E-state index contributed by atoms with van der Waals surface area (Å²) >= 11 is 0. The smallest absolute Gasteiger partial charge is 0.306 e. The Bertz CT molecular complexity index is 708. The van der Waals surface area contributed by atoms with E-state index in [1.54, 1.807) is 0 Å². The van der Waals surface area contributed by atoms with E-state index in [0.29, 0.717) is 19.6 Å². The average Bonchev–Trinajstić information content (AvgIpc) is 3.05. The number of rotatable bonds is 35. The second-order valence-electron chi connectivity index (χ2n) is 12.6. The van der Waals surface area contributed by atoms with E-state index >= 15 is 0 Å². The standard InChI is InChI=1S/C41H74O4/c1-3-5-7-9-11-12-13-14-15-16-17-18-19-20-21-22-23-24-25-26-27-28-29-31-33-35-37-44-39-40(38-42)45-41(43)36-34-32-30-10-8-6-4-2/h5,7,11-12,14-15,17-18,40,42H,3-4,6,8-10,13,16,19-39H2,1-2H3/b7-5-,12-11-,15-14-,18-17-. The molecule has 0 fully saturated rings. The molecular weight excluding hydrogens is 556 g/mol. The molecule has 45 heavy (non-hydrogen) atoms. The molecule has 0 aromatic carbocycles. The maximum absolute atomic E-state index is 12.0. The van der Waals surface area contributed by atoms with Gasteiger partial charge in [0.05, 0.1) is 13.2 Å². The van der Waals surface area contributed by atoms with Gasteiger partial charge in [-0.05, 0) is 51.4 Å². The second-order valence-corrected chi connectivity index (χ2v) is 12.6. The molecule has 0 saturated carbocycles. The molecule has 0 aliphatic rings. The Morgan fingerprint density at radius 1 is 0.556 bits per heavy atom. The predicted molar refractivity (Wildman–Crippen MR) is 196 cm³/mol. The summed E-state index contributed by atoms with van der Waals surface area (Å²) < 4.78 is 11.1. The number of esters is 1. The van der Waals surface area contributed by atoms with Gasteiger partial charge < -0.3 is 14.6 Å². The van der Waals surface area contributed by atoms with E-state index in [4.69, 9.17) is 9.47 Å². The highest BCUT2D eigenvalue weighted by atomic mass is 16.6. The van der Waals surface area contributed by atoms with Gasteiger partial charge in [0.25, 0.3) is 0 Å². The molecule has 0 spiro atoms. The number of aliphatic hydroxyl groups excluding tert-OH is 1. The molecule has 1 unspecified atom stereocenters. The van der Waals surface area contributed by atoms with E-state index < -0.39 is 6.10 Å². The molecule has 0 aliphatic heterocycles. The van der Waals surface area contributed by atoms with E-state index in [-0.39, 0.29) is 12.6 Å². The van der Waals surface area contributed by atoms with Crippen LogP contribution in [0.1, 0.15) is 181 Å². The lowest BCUT2D eigenvalue weighted by molar-refractivity contribution is -0.154. The summed E-state index contributed by atoms with van der Waals surface area (Å²) in [5.74, 6) is -0.209. The molecule has 0 aromatic heterocycles. The van der Waals surface area contributed by atoms with Gasteiger partial charge in [0.15, 0.2) is 0 Å². The van der Waals surface area contributed by atoms with Gasteiger partial charge in [-0.25, -0.2) is 0 Å². The number of aliphatic hydroxyl groups is 1. The van der Waals surface area contributed by atoms with Crippen molar-refractivity contribution in [3.05, 3.63) is 48.6 Å². The highest BCUT2D eigenvalue weighted by Crippen LogP contribution is 2.14. The molecule has 0 saturated heterocycles. The van der Waals surface area contributed by atoms with Crippen LogP contribution in [0.5, 0.6) is 0 Å². The molecule has 0 bridgehead atoms. The molecule has 1 N–H and O–H groups in total. The zero-order valence-corrected chi connectivity index (χ0v) is 29.9. The van der Waals surface area contributed by atoms with Crippen LogP contribution in [-0.2, 0) is 14.3 Å². The summed E-state index contributed by atoms with van der Waals surface area (Å²) in [4.78, 5) is 12.0. The van der Waals surface area contributed by atoms with Crippen molar-refractivity contribution in [1.82, 2.24) is 0 Å². The van der Waals surface area contributed by atoms with Crippen LogP contribution >= 0.6 is 0 Å². The van der Waals surface area contributed by atoms with Crippen molar-refractivity contribution in [2.24, 2.45) is 0 Å². The SMILES string of the molecule is CC/C=C\C/C=C\C/C=C\C/C=C\CCCCCCCCCCCCCCCOCC(CO)OC(=O)CCCCCCCCC. The molecule has 4 nitrogen and oxygen atoms in total. The lowest BCUT2D eigenvalue weighted by atomic mass is 10.0. The highest BCUT2D eigenvalue weighted by Gasteiger charge is 2.13. The third kappa shape index (κ3) is 36.7. The van der Waals surface area contributed by atoms with Crippen LogP contribution in [0, 0.1) is 0 Å². The van der Waals surface area contributed by atoms with Gasteiger partial charge in [-0.1, -0.05) is 172 Å². The Hall–Kier alpha value is -1.65. The van der Waals surface area contributed by atoms with Crippen LogP contribution in [-0.4, -0.2) is 37.0 Å². The van der Waals surface area contributed by atoms with Gasteiger partial charge in [-0.2, -0.15) is 0 Å². The number of allylic oxidation sites excluding steroid dienone is 8. The van der Waals surface area contributed by atoms with E-state index in [1.165, 1.54) is 116 Å². The van der Waals surface area contributed by atoms with Gasteiger partial charge in [-0.15, -0.1) is 0 Å². The maximum atomic E-state index is 12.0. The number of hydrogen-bond acceptors (Lipinski definition) is 4. The molecule has 0 rings (SSSR count). The van der Waals surface area contributed by atoms with E-state index in [2.05, 4.69) is 62.5 Å². The summed E-state index contributed by atoms with van der Waals surface area (Å²) in [7, 11) is 0. The molecule has 0 heterocycles. The molecule has 0 radical (unpaired) electrons. The van der Waals surface area contributed by atoms with Gasteiger partial charge in [-0.3, -0.25) is 4.79 Å². The van der Waals surface area contributed by atoms with Crippen molar-refractivity contribution in [3.63, 3.8) is 0 Å². The molecule has 0 aliphatic carbocycles. The van der Waals surface area contributed by atoms with E-state index in [0.717, 1.165) is 44.9 Å². The summed E-state index contributed by atoms with van der Waals surface area (Å²) in [5.41, 5.74) is 0. The minimum Gasteiger partial charge on any atom is -0.457 e. The second kappa shape index (κ2) is 38.5. The first-order valence-electron chi connectivity index (χ1n) is 19.2. The summed E-state index contributed by atoms with van der Waals surface area (Å²) in [5, 5.41) is 9.50. The fourth-order valence-electron chi connectivity index (χ4n) is 5.32. The molecule has 1 atom stereocenters. The number of carbonyl (C=O) groups excluding carboxylic acids is 1. The van der Waals surface area contributed by atoms with Gasteiger partial charge >= 0.3 is 5.97 Å². The van der Waals surface area contributed by atoms with Gasteiger partial charge in [0.2, 0.25) is 0 Å². The lowest BCUT2D eigenvalue weighted by Crippen LogP contribution is -2.27. The average molecular weight is 631 g/mol. The quantitative estimate of drug-likeness (QED) is 0.0430. The Balaban J connectivity index is 3.37. The first-order valence-corrected chi connectivity index (χ1v) is 19.2. The first-order chi connectivity index (χ1) is 22.2. The van der Waals surface area contributed by atoms with Crippen molar-refractivity contribution in [3.8, 4) is 0 Å². The van der Waals surface area contributed by atoms with E-state index in [1.807, 2.05) is 0 Å². The third-order valence-electron chi connectivity index (χ3n) is 8.17. The summed E-state index contributed by atoms with van der Waals surface area (Å²) in [6.07, 6.45) is 48.9. The number of hydrogen-bond donors (Lipinski definition) is 1. The Morgan fingerprint density at radius 3 is 1.51 bits per heavy atom. The fraction of sp³-hybridized carbons (Fsp3) is 0.780. The zero-order valence-electron chi connectivity index (χ0n) is 29.9. The number of ether oxygens (including phenoxy) is 2. The minimum absolute atomic E-state index is 0.171. The van der Waals surface area contributed by atoms with Gasteiger partial charge in [0, 0.05) is 13.0 Å². The molecule has 0 amide bonds. The predicted octanol–water partition coefficient (Wildman–Crippen LogP) is 12.3. The largest absolute Gasteiger partial charge is 0.457 e. The van der Waals surface area contributed by atoms with Crippen molar-refractivity contribution in [1.29, 1.82) is 0 Å². The summed E-state index contributed by atoms with van der Waals surface area (Å²) in [6.45, 7) is 5.19. The van der Waals surface area contributed by atoms with Crippen LogP contribution in [0.25, 0.3) is 0 Å². The molecule has 0 aromatic rings. The van der Waals surface area contributed by atoms with Crippen LogP contribution in [0.2, 0.25) is 0 Å². The maximum Gasteiger partial charge on any atom is 0.306 e. The summed E-state index contributed by atoms with van der Waals surface area (Å²) in [6, 6.07) is 0. The lowest BCUT2D eigenvalue weighted by Gasteiger charge is -2.15. The zero-order chi connectivity index (χ0) is 32.7. The fourth-order valence-corrected chi connectivity index (χ4v) is 5.32. The topological polar surface area (TPSA) is 55.8 Å². The van der Waals surface area contributed by atoms with Gasteiger partial charge in [0.1, 0.15) is 6.10 Å². The number of carbonyl (C=O) groups is 1. The normalized spacial score (nSPS) is 12.9. The molecule has 4 heteroatoms. The van der Waals surface area contributed by atoms with Crippen molar-refractivity contribution < 1.29 is 19.4 Å². The van der Waals surface area contributed by atoms with Crippen molar-refractivity contribution in [2.75, 3.05) is 19.8 Å². The first kappa shape index (κ1) is 43.4. The van der Waals surface area contributed by atoms with E-state index in [9.17, 15) is 9.90 Å². The van der Waals surface area contributed by atoms with Crippen molar-refractivity contribution >= 4 is 5.97 Å². The number of unbranched alkanes of at least 4 members (excludes halogenated alkanes) is 19. The van der Waals surface area contributed by atoms with Crippen LogP contribution in [0.3, 0.4) is 0 Å². The molecular formula is C41H74O4. The molecule has 262 valence electrons. The third-order valence-corrected chi connectivity index (χ3v) is 8.17. The Labute approximate surface area is 280 Å². The Kier molecular flexibility index (Phi) is 37.1.